The van der Waals surface area contributed by atoms with Crippen LogP contribution in [0.2, 0.25) is 0 Å². The molecule has 6 nitrogen and oxygen atoms in total. The van der Waals surface area contributed by atoms with Gasteiger partial charge in [-0.1, -0.05) is 33.6 Å². The first-order valence-electron chi connectivity index (χ1n) is 8.33. The van der Waals surface area contributed by atoms with Crippen molar-refractivity contribution in [2.24, 2.45) is 11.0 Å². The van der Waals surface area contributed by atoms with Gasteiger partial charge in [-0.25, -0.2) is 4.98 Å². The molecule has 22 heavy (non-hydrogen) atoms. The molecule has 122 valence electrons. The Morgan fingerprint density at radius 3 is 2.82 bits per heavy atom. The van der Waals surface area contributed by atoms with Crippen molar-refractivity contribution in [3.63, 3.8) is 0 Å². The number of carbonyl (C=O) groups is 1. The normalized spacial score (nSPS) is 16.1. The number of unbranched alkanes of at least 4 members (excludes halogenated alkanes) is 1. The lowest BCUT2D eigenvalue weighted by molar-refractivity contribution is -0.125. The summed E-state index contributed by atoms with van der Waals surface area (Å²) in [5.41, 5.74) is 1.03. The highest BCUT2D eigenvalue weighted by Crippen LogP contribution is 2.16. The maximum absolute atomic E-state index is 12.2. The van der Waals surface area contributed by atoms with E-state index in [2.05, 4.69) is 34.3 Å². The van der Waals surface area contributed by atoms with Gasteiger partial charge < -0.3 is 5.32 Å². The SMILES string of the molecule is CCCCC(CC)C(=O)NCC(C)c1nc2n(n1)N=C(C)C2. The summed E-state index contributed by atoms with van der Waals surface area (Å²) in [5.74, 6) is 2.03. The zero-order valence-electron chi connectivity index (χ0n) is 14.1. The maximum Gasteiger partial charge on any atom is 0.223 e. The summed E-state index contributed by atoms with van der Waals surface area (Å²) in [7, 11) is 0. The molecular weight excluding hydrogens is 278 g/mol. The summed E-state index contributed by atoms with van der Waals surface area (Å²) in [6, 6.07) is 0. The maximum atomic E-state index is 12.2. The Morgan fingerprint density at radius 2 is 2.18 bits per heavy atom. The summed E-state index contributed by atoms with van der Waals surface area (Å²) < 4.78 is 0. The quantitative estimate of drug-likeness (QED) is 0.802. The summed E-state index contributed by atoms with van der Waals surface area (Å²) in [4.78, 5) is 18.3. The lowest BCUT2D eigenvalue weighted by atomic mass is 9.98. The first kappa shape index (κ1) is 16.6. The fourth-order valence-electron chi connectivity index (χ4n) is 2.64. The molecule has 0 aromatic carbocycles. The highest BCUT2D eigenvalue weighted by Gasteiger charge is 2.21. The Balaban J connectivity index is 1.86. The van der Waals surface area contributed by atoms with Gasteiger partial charge in [0.2, 0.25) is 5.91 Å². The van der Waals surface area contributed by atoms with E-state index < -0.39 is 0 Å². The van der Waals surface area contributed by atoms with Crippen LogP contribution < -0.4 is 5.32 Å². The lowest BCUT2D eigenvalue weighted by Crippen LogP contribution is -2.33. The van der Waals surface area contributed by atoms with Gasteiger partial charge in [0.1, 0.15) is 0 Å². The van der Waals surface area contributed by atoms with Crippen molar-refractivity contribution in [3.8, 4) is 0 Å². The number of hydrogen-bond donors (Lipinski definition) is 1. The minimum atomic E-state index is 0.0984. The highest BCUT2D eigenvalue weighted by atomic mass is 16.1. The number of nitrogens with zero attached hydrogens (tertiary/aromatic N) is 4. The fraction of sp³-hybridized carbons (Fsp3) is 0.750. The third kappa shape index (κ3) is 3.93. The van der Waals surface area contributed by atoms with Crippen molar-refractivity contribution in [1.82, 2.24) is 20.2 Å². The summed E-state index contributed by atoms with van der Waals surface area (Å²) in [6.45, 7) is 8.81. The molecule has 2 rings (SSSR count). The van der Waals surface area contributed by atoms with E-state index in [1.165, 1.54) is 0 Å². The van der Waals surface area contributed by atoms with Crippen LogP contribution >= 0.6 is 0 Å². The van der Waals surface area contributed by atoms with Gasteiger partial charge in [0.05, 0.1) is 0 Å². The van der Waals surface area contributed by atoms with Crippen molar-refractivity contribution >= 4 is 11.6 Å². The minimum Gasteiger partial charge on any atom is -0.355 e. The van der Waals surface area contributed by atoms with E-state index in [1.54, 1.807) is 4.79 Å². The van der Waals surface area contributed by atoms with Crippen LogP contribution in [0.1, 0.15) is 70.9 Å². The molecule has 1 N–H and O–H groups in total. The van der Waals surface area contributed by atoms with Crippen molar-refractivity contribution in [3.05, 3.63) is 11.6 Å². The standard InChI is InChI=1S/C16H27N5O/c1-5-7-8-13(6-2)16(22)17-10-11(3)15-18-14-9-12(4)19-21(14)20-15/h11,13H,5-10H2,1-4H3,(H,17,22). The Kier molecular flexibility index (Phi) is 5.69. The van der Waals surface area contributed by atoms with Gasteiger partial charge in [-0.2, -0.15) is 5.10 Å². The zero-order chi connectivity index (χ0) is 16.1. The molecule has 1 aromatic rings. The van der Waals surface area contributed by atoms with Gasteiger partial charge in [-0.3, -0.25) is 4.79 Å². The first-order valence-corrected chi connectivity index (χ1v) is 8.33. The third-order valence-corrected chi connectivity index (χ3v) is 4.14. The predicted molar refractivity (Wildman–Crippen MR) is 87.0 cm³/mol. The van der Waals surface area contributed by atoms with E-state index in [-0.39, 0.29) is 17.7 Å². The van der Waals surface area contributed by atoms with E-state index >= 15 is 0 Å². The first-order chi connectivity index (χ1) is 10.5. The van der Waals surface area contributed by atoms with Crippen molar-refractivity contribution in [2.45, 2.75) is 65.7 Å². The number of hydrogen-bond acceptors (Lipinski definition) is 4. The van der Waals surface area contributed by atoms with Gasteiger partial charge in [0, 0.05) is 30.5 Å². The van der Waals surface area contributed by atoms with Crippen LogP contribution in [0.15, 0.2) is 5.10 Å². The van der Waals surface area contributed by atoms with Crippen LogP contribution in [0, 0.1) is 5.92 Å². The molecule has 0 bridgehead atoms. The summed E-state index contributed by atoms with van der Waals surface area (Å²) >= 11 is 0. The molecule has 1 aromatic heterocycles. The molecule has 2 unspecified atom stereocenters. The van der Waals surface area contributed by atoms with Crippen LogP contribution in [0.4, 0.5) is 0 Å². The van der Waals surface area contributed by atoms with Crippen LogP contribution in [-0.2, 0) is 11.2 Å². The van der Waals surface area contributed by atoms with Gasteiger partial charge in [0.25, 0.3) is 0 Å². The van der Waals surface area contributed by atoms with E-state index in [0.29, 0.717) is 6.54 Å². The van der Waals surface area contributed by atoms with Crippen LogP contribution in [0.5, 0.6) is 0 Å². The molecule has 0 saturated heterocycles. The molecular formula is C16H27N5O. The summed E-state index contributed by atoms with van der Waals surface area (Å²) in [5, 5.41) is 11.7. The Hall–Kier alpha value is -1.72. The minimum absolute atomic E-state index is 0.0984. The Bertz CT molecular complexity index is 549. The number of aromatic nitrogens is 3. The van der Waals surface area contributed by atoms with Gasteiger partial charge in [0.15, 0.2) is 11.6 Å². The van der Waals surface area contributed by atoms with Crippen molar-refractivity contribution < 1.29 is 4.79 Å². The van der Waals surface area contributed by atoms with Crippen LogP contribution in [0.25, 0.3) is 0 Å². The number of amides is 1. The average molecular weight is 305 g/mol. The highest BCUT2D eigenvalue weighted by molar-refractivity contribution is 5.84. The van der Waals surface area contributed by atoms with Crippen molar-refractivity contribution in [1.29, 1.82) is 0 Å². The predicted octanol–water partition coefficient (Wildman–Crippen LogP) is 2.49. The molecule has 0 fully saturated rings. The van der Waals surface area contributed by atoms with E-state index in [0.717, 1.165) is 49.5 Å². The number of rotatable bonds is 8. The smallest absolute Gasteiger partial charge is 0.223 e. The number of carbonyl (C=O) groups excluding carboxylic acids is 1. The molecule has 1 aliphatic heterocycles. The second-order valence-electron chi connectivity index (χ2n) is 6.18. The molecule has 2 heterocycles. The number of fused-ring (bicyclic) bond motifs is 1. The molecule has 6 heteroatoms. The molecule has 1 amide bonds. The van der Waals surface area contributed by atoms with Crippen LogP contribution in [-0.4, -0.2) is 33.0 Å². The second kappa shape index (κ2) is 7.51. The number of nitrogens with one attached hydrogen (secondary N) is 1. The lowest BCUT2D eigenvalue weighted by Gasteiger charge is -2.16. The van der Waals surface area contributed by atoms with Crippen molar-refractivity contribution in [2.75, 3.05) is 6.54 Å². The third-order valence-electron chi connectivity index (χ3n) is 4.14. The molecule has 0 radical (unpaired) electrons. The largest absolute Gasteiger partial charge is 0.355 e. The summed E-state index contributed by atoms with van der Waals surface area (Å²) in [6.07, 6.45) is 4.86. The van der Waals surface area contributed by atoms with E-state index in [4.69, 9.17) is 0 Å². The molecule has 2 atom stereocenters. The molecule has 0 saturated carbocycles. The van der Waals surface area contributed by atoms with Crippen LogP contribution in [0.3, 0.4) is 0 Å². The van der Waals surface area contributed by atoms with E-state index in [1.807, 2.05) is 13.8 Å². The molecule has 0 spiro atoms. The molecule has 1 aliphatic rings. The second-order valence-corrected chi connectivity index (χ2v) is 6.18. The van der Waals surface area contributed by atoms with Gasteiger partial charge in [-0.05, 0) is 19.8 Å². The fourth-order valence-corrected chi connectivity index (χ4v) is 2.64. The zero-order valence-corrected chi connectivity index (χ0v) is 14.1. The van der Waals surface area contributed by atoms with E-state index in [9.17, 15) is 4.79 Å². The Morgan fingerprint density at radius 1 is 1.41 bits per heavy atom. The average Bonchev–Trinajstić information content (AvgIpc) is 3.02. The Labute approximate surface area is 132 Å². The van der Waals surface area contributed by atoms with Gasteiger partial charge in [-0.15, -0.1) is 9.89 Å². The monoisotopic (exact) mass is 305 g/mol. The topological polar surface area (TPSA) is 72.2 Å². The molecule has 0 aliphatic carbocycles. The van der Waals surface area contributed by atoms with Gasteiger partial charge >= 0.3 is 0 Å².